The first-order chi connectivity index (χ1) is 9.38. The molecule has 0 saturated carbocycles. The average Bonchev–Trinajstić information content (AvgIpc) is 2.33. The Kier molecular flexibility index (Phi) is 3.47. The number of carbonyl (C=O) groups is 1. The second-order valence-electron chi connectivity index (χ2n) is 3.89. The maximum atomic E-state index is 13.6. The van der Waals surface area contributed by atoms with Crippen LogP contribution in [0.1, 0.15) is 5.69 Å². The third-order valence-electron chi connectivity index (χ3n) is 2.44. The summed E-state index contributed by atoms with van der Waals surface area (Å²) in [5, 5.41) is 21.7. The number of carboxylic acid groups (broad SMARTS) is 1. The van der Waals surface area contributed by atoms with Gasteiger partial charge < -0.3 is 10.2 Å². The molecular weight excluding hydrogens is 274 g/mol. The lowest BCUT2D eigenvalue weighted by Crippen LogP contribution is -2.23. The summed E-state index contributed by atoms with van der Waals surface area (Å²) >= 11 is 0. The molecule has 0 bridgehead atoms. The number of carboxylic acids is 1. The van der Waals surface area contributed by atoms with Gasteiger partial charge >= 0.3 is 5.97 Å². The van der Waals surface area contributed by atoms with Crippen molar-refractivity contribution in [3.63, 3.8) is 0 Å². The Hall–Kier alpha value is -2.77. The van der Waals surface area contributed by atoms with Gasteiger partial charge in [-0.2, -0.15) is 9.78 Å². The van der Waals surface area contributed by atoms with E-state index in [2.05, 4.69) is 5.10 Å². The molecular formula is C12H8F2N2O4. The highest BCUT2D eigenvalue weighted by molar-refractivity contribution is 5.70. The van der Waals surface area contributed by atoms with Crippen molar-refractivity contribution in [3.05, 3.63) is 51.9 Å². The van der Waals surface area contributed by atoms with Gasteiger partial charge in [-0.3, -0.25) is 9.59 Å². The lowest BCUT2D eigenvalue weighted by atomic mass is 10.2. The van der Waals surface area contributed by atoms with Gasteiger partial charge in [0.05, 0.1) is 6.42 Å². The van der Waals surface area contributed by atoms with Gasteiger partial charge in [-0.25, -0.2) is 8.78 Å². The summed E-state index contributed by atoms with van der Waals surface area (Å²) in [6.07, 6.45) is -0.644. The van der Waals surface area contributed by atoms with Crippen molar-refractivity contribution in [1.82, 2.24) is 9.78 Å². The molecule has 1 aromatic heterocycles. The summed E-state index contributed by atoms with van der Waals surface area (Å²) in [7, 11) is 0. The van der Waals surface area contributed by atoms with Crippen molar-refractivity contribution in [2.45, 2.75) is 6.42 Å². The topological polar surface area (TPSA) is 92.4 Å². The largest absolute Gasteiger partial charge is 0.506 e. The first-order valence-electron chi connectivity index (χ1n) is 5.38. The zero-order chi connectivity index (χ0) is 14.9. The van der Waals surface area contributed by atoms with E-state index >= 15 is 0 Å². The van der Waals surface area contributed by atoms with Crippen molar-refractivity contribution in [1.29, 1.82) is 0 Å². The average molecular weight is 282 g/mol. The normalized spacial score (nSPS) is 10.5. The Morgan fingerprint density at radius 1 is 1.30 bits per heavy atom. The molecule has 0 amide bonds. The number of hydrogen-bond donors (Lipinski definition) is 2. The van der Waals surface area contributed by atoms with E-state index in [0.717, 1.165) is 12.1 Å². The van der Waals surface area contributed by atoms with Crippen molar-refractivity contribution in [2.24, 2.45) is 0 Å². The molecule has 0 aliphatic carbocycles. The number of nitrogens with zero attached hydrogens (tertiary/aromatic N) is 2. The van der Waals surface area contributed by atoms with Crippen LogP contribution in [-0.2, 0) is 11.2 Å². The molecule has 0 fully saturated rings. The van der Waals surface area contributed by atoms with Crippen molar-refractivity contribution in [2.75, 3.05) is 0 Å². The second kappa shape index (κ2) is 5.08. The van der Waals surface area contributed by atoms with Crippen molar-refractivity contribution >= 4 is 5.97 Å². The third-order valence-corrected chi connectivity index (χ3v) is 2.44. The summed E-state index contributed by atoms with van der Waals surface area (Å²) in [6, 6.07) is 3.19. The minimum Gasteiger partial charge on any atom is -0.506 e. The van der Waals surface area contributed by atoms with Crippen LogP contribution in [0.25, 0.3) is 5.69 Å². The van der Waals surface area contributed by atoms with Gasteiger partial charge in [0.15, 0.2) is 5.82 Å². The Labute approximate surface area is 110 Å². The Balaban J connectivity index is 2.61. The Morgan fingerprint density at radius 2 is 2.00 bits per heavy atom. The van der Waals surface area contributed by atoms with E-state index in [1.807, 2.05) is 0 Å². The standard InChI is InChI=1S/C12H8F2N2O4/c13-6-1-2-9(7(14)3-6)16-11(18)5-10(17)8(15-16)4-12(19)20/h1-3,5,17H,4H2,(H,19,20). The number of aromatic hydroxyl groups is 1. The predicted molar refractivity (Wildman–Crippen MR) is 62.8 cm³/mol. The molecule has 0 radical (unpaired) electrons. The Bertz CT molecular complexity index is 743. The van der Waals surface area contributed by atoms with E-state index in [4.69, 9.17) is 5.11 Å². The summed E-state index contributed by atoms with van der Waals surface area (Å²) in [5.74, 6) is -3.75. The van der Waals surface area contributed by atoms with Crippen molar-refractivity contribution in [3.8, 4) is 11.4 Å². The van der Waals surface area contributed by atoms with Crippen LogP contribution < -0.4 is 5.56 Å². The highest BCUT2D eigenvalue weighted by Crippen LogP contribution is 2.16. The van der Waals surface area contributed by atoms with Gasteiger partial charge in [0.2, 0.25) is 0 Å². The van der Waals surface area contributed by atoms with E-state index < -0.39 is 35.3 Å². The number of rotatable bonds is 3. The van der Waals surface area contributed by atoms with Crippen LogP contribution in [0.15, 0.2) is 29.1 Å². The molecule has 2 rings (SSSR count). The lowest BCUT2D eigenvalue weighted by Gasteiger charge is -2.08. The monoisotopic (exact) mass is 282 g/mol. The maximum absolute atomic E-state index is 13.6. The van der Waals surface area contributed by atoms with Gasteiger partial charge in [0.1, 0.15) is 22.9 Å². The Morgan fingerprint density at radius 3 is 2.60 bits per heavy atom. The molecule has 1 aromatic carbocycles. The molecule has 2 N–H and O–H groups in total. The van der Waals surface area contributed by atoms with E-state index in [1.165, 1.54) is 0 Å². The molecule has 0 aliphatic heterocycles. The highest BCUT2D eigenvalue weighted by Gasteiger charge is 2.15. The number of aromatic nitrogens is 2. The van der Waals surface area contributed by atoms with Gasteiger partial charge in [0.25, 0.3) is 5.56 Å². The molecule has 0 saturated heterocycles. The number of benzene rings is 1. The molecule has 0 atom stereocenters. The molecule has 104 valence electrons. The summed E-state index contributed by atoms with van der Waals surface area (Å²) in [5.41, 5.74) is -1.52. The van der Waals surface area contributed by atoms with Gasteiger partial charge in [-0.1, -0.05) is 0 Å². The van der Waals surface area contributed by atoms with Crippen LogP contribution >= 0.6 is 0 Å². The number of halogens is 2. The first kappa shape index (κ1) is 13.7. The van der Waals surface area contributed by atoms with Crippen LogP contribution in [0.2, 0.25) is 0 Å². The molecule has 0 spiro atoms. The van der Waals surface area contributed by atoms with Crippen LogP contribution in [-0.4, -0.2) is 26.0 Å². The van der Waals surface area contributed by atoms with E-state index in [0.29, 0.717) is 16.8 Å². The molecule has 6 nitrogen and oxygen atoms in total. The minimum absolute atomic E-state index is 0.305. The van der Waals surface area contributed by atoms with Gasteiger partial charge in [-0.15, -0.1) is 0 Å². The quantitative estimate of drug-likeness (QED) is 0.870. The fourth-order valence-electron chi connectivity index (χ4n) is 1.58. The molecule has 0 unspecified atom stereocenters. The van der Waals surface area contributed by atoms with Crippen LogP contribution in [0, 0.1) is 11.6 Å². The number of hydrogen-bond acceptors (Lipinski definition) is 4. The zero-order valence-electron chi connectivity index (χ0n) is 9.88. The summed E-state index contributed by atoms with van der Waals surface area (Å²) in [4.78, 5) is 22.3. The smallest absolute Gasteiger partial charge is 0.309 e. The molecule has 0 aliphatic rings. The highest BCUT2D eigenvalue weighted by atomic mass is 19.1. The molecule has 1 heterocycles. The maximum Gasteiger partial charge on any atom is 0.309 e. The lowest BCUT2D eigenvalue weighted by molar-refractivity contribution is -0.136. The summed E-state index contributed by atoms with van der Waals surface area (Å²) in [6.45, 7) is 0. The van der Waals surface area contributed by atoms with Crippen LogP contribution in [0.3, 0.4) is 0 Å². The zero-order valence-corrected chi connectivity index (χ0v) is 9.88. The number of aliphatic carboxylic acids is 1. The molecule has 8 heteroatoms. The fraction of sp³-hybridized carbons (Fsp3) is 0.0833. The fourth-order valence-corrected chi connectivity index (χ4v) is 1.58. The van der Waals surface area contributed by atoms with Crippen LogP contribution in [0.4, 0.5) is 8.78 Å². The van der Waals surface area contributed by atoms with Gasteiger partial charge in [-0.05, 0) is 12.1 Å². The molecule has 2 aromatic rings. The predicted octanol–water partition coefficient (Wildman–Crippen LogP) is 0.843. The second-order valence-corrected chi connectivity index (χ2v) is 3.89. The van der Waals surface area contributed by atoms with Gasteiger partial charge in [0, 0.05) is 12.1 Å². The van der Waals surface area contributed by atoms with Crippen LogP contribution in [0.5, 0.6) is 5.75 Å². The van der Waals surface area contributed by atoms with E-state index in [9.17, 15) is 23.5 Å². The first-order valence-corrected chi connectivity index (χ1v) is 5.38. The SMILES string of the molecule is O=C(O)Cc1nn(-c2ccc(F)cc2F)c(=O)cc1O. The summed E-state index contributed by atoms with van der Waals surface area (Å²) < 4.78 is 27.0. The minimum atomic E-state index is -1.28. The third kappa shape index (κ3) is 2.63. The van der Waals surface area contributed by atoms with E-state index in [1.54, 1.807) is 0 Å². The molecule has 20 heavy (non-hydrogen) atoms. The van der Waals surface area contributed by atoms with E-state index in [-0.39, 0.29) is 11.4 Å². The van der Waals surface area contributed by atoms with Crippen molar-refractivity contribution < 1.29 is 23.8 Å².